The molecule has 1 rings (SSSR count). The molecule has 1 aromatic rings. The van der Waals surface area contributed by atoms with Gasteiger partial charge in [-0.1, -0.05) is 0 Å². The number of nitrogens with zero attached hydrogens (tertiary/aromatic N) is 1. The van der Waals surface area contributed by atoms with Crippen LogP contribution in [-0.2, 0) is 9.84 Å². The number of hydrogen-bond acceptors (Lipinski definition) is 4. The van der Waals surface area contributed by atoms with E-state index in [1.54, 1.807) is 0 Å². The molecule has 1 aromatic heterocycles. The molecule has 4 nitrogen and oxygen atoms in total. The normalized spacial score (nSPS) is 11.5. The van der Waals surface area contributed by atoms with Crippen LogP contribution in [0.25, 0.3) is 0 Å². The molecule has 0 amide bonds. The van der Waals surface area contributed by atoms with Crippen molar-refractivity contribution in [3.8, 4) is 0 Å². The molecule has 0 saturated carbocycles. The highest BCUT2D eigenvalue weighted by Crippen LogP contribution is 2.20. The minimum absolute atomic E-state index is 0.150. The Labute approximate surface area is 78.8 Å². The minimum atomic E-state index is -3.22. The van der Waals surface area contributed by atoms with Crippen LogP contribution < -0.4 is 5.73 Å². The molecular formula is C6H7BrN2O2S. The number of hydrogen-bond donors (Lipinski definition) is 1. The number of anilines is 1. The maximum Gasteiger partial charge on any atom is 0.178 e. The van der Waals surface area contributed by atoms with Gasteiger partial charge in [0.2, 0.25) is 0 Å². The Morgan fingerprint density at radius 3 is 2.50 bits per heavy atom. The van der Waals surface area contributed by atoms with Crippen LogP contribution in [0.1, 0.15) is 0 Å². The van der Waals surface area contributed by atoms with Crippen LogP contribution in [0.5, 0.6) is 0 Å². The van der Waals surface area contributed by atoms with E-state index in [-0.39, 0.29) is 15.3 Å². The van der Waals surface area contributed by atoms with Crippen LogP contribution in [-0.4, -0.2) is 19.7 Å². The van der Waals surface area contributed by atoms with Gasteiger partial charge in [-0.15, -0.1) is 0 Å². The number of nitrogens with two attached hydrogens (primary N) is 1. The Kier molecular flexibility index (Phi) is 2.39. The second-order valence-electron chi connectivity index (χ2n) is 2.30. The second kappa shape index (κ2) is 3.02. The minimum Gasteiger partial charge on any atom is -0.384 e. The lowest BCUT2D eigenvalue weighted by Gasteiger charge is -2.00. The number of nitrogen functional groups attached to an aromatic ring is 1. The van der Waals surface area contributed by atoms with Crippen LogP contribution in [0.4, 0.5) is 5.82 Å². The number of rotatable bonds is 1. The van der Waals surface area contributed by atoms with E-state index in [4.69, 9.17) is 5.73 Å². The topological polar surface area (TPSA) is 73.0 Å². The number of pyridine rings is 1. The molecule has 0 saturated heterocycles. The van der Waals surface area contributed by atoms with Gasteiger partial charge in [-0.2, -0.15) is 0 Å². The van der Waals surface area contributed by atoms with E-state index < -0.39 is 9.84 Å². The van der Waals surface area contributed by atoms with Gasteiger partial charge in [-0.3, -0.25) is 0 Å². The molecule has 0 aliphatic heterocycles. The summed E-state index contributed by atoms with van der Waals surface area (Å²) in [4.78, 5) is 3.91. The zero-order valence-corrected chi connectivity index (χ0v) is 8.68. The zero-order chi connectivity index (χ0) is 9.35. The zero-order valence-electron chi connectivity index (χ0n) is 6.28. The molecule has 0 atom stereocenters. The van der Waals surface area contributed by atoms with Gasteiger partial charge >= 0.3 is 0 Å². The predicted molar refractivity (Wildman–Crippen MR) is 49.5 cm³/mol. The average Bonchev–Trinajstić information content (AvgIpc) is 1.83. The Morgan fingerprint density at radius 1 is 1.50 bits per heavy atom. The Hall–Kier alpha value is -0.620. The summed E-state index contributed by atoms with van der Waals surface area (Å²) in [5.41, 5.74) is 5.33. The van der Waals surface area contributed by atoms with Crippen molar-refractivity contribution in [1.82, 2.24) is 4.98 Å². The summed E-state index contributed by atoms with van der Waals surface area (Å²) >= 11 is 3.01. The van der Waals surface area contributed by atoms with Gasteiger partial charge in [0.15, 0.2) is 9.84 Å². The van der Waals surface area contributed by atoms with E-state index in [2.05, 4.69) is 20.9 Å². The molecule has 66 valence electrons. The third-order valence-electron chi connectivity index (χ3n) is 1.24. The fourth-order valence-electron chi connectivity index (χ4n) is 0.712. The van der Waals surface area contributed by atoms with Crippen LogP contribution in [0.2, 0.25) is 0 Å². The number of sulfone groups is 1. The van der Waals surface area contributed by atoms with E-state index in [0.717, 1.165) is 6.26 Å². The van der Waals surface area contributed by atoms with Crippen molar-refractivity contribution in [2.75, 3.05) is 12.0 Å². The fourth-order valence-corrected chi connectivity index (χ4v) is 2.60. The largest absolute Gasteiger partial charge is 0.384 e. The molecule has 12 heavy (non-hydrogen) atoms. The molecule has 0 aliphatic rings. The molecule has 0 bridgehead atoms. The van der Waals surface area contributed by atoms with Gasteiger partial charge in [0, 0.05) is 6.26 Å². The molecule has 0 spiro atoms. The highest BCUT2D eigenvalue weighted by atomic mass is 79.9. The van der Waals surface area contributed by atoms with E-state index in [0.29, 0.717) is 0 Å². The second-order valence-corrected chi connectivity index (χ2v) is 5.03. The Morgan fingerprint density at radius 2 is 2.08 bits per heavy atom. The lowest BCUT2D eigenvalue weighted by atomic mass is 10.5. The van der Waals surface area contributed by atoms with Gasteiger partial charge in [-0.25, -0.2) is 13.4 Å². The lowest BCUT2D eigenvalue weighted by molar-refractivity contribution is 0.601. The first-order chi connectivity index (χ1) is 5.41. The molecule has 0 unspecified atom stereocenters. The first-order valence-corrected chi connectivity index (χ1v) is 5.72. The van der Waals surface area contributed by atoms with Gasteiger partial charge in [0.25, 0.3) is 0 Å². The summed E-state index contributed by atoms with van der Waals surface area (Å²) in [6, 6.07) is 2.86. The van der Waals surface area contributed by atoms with Gasteiger partial charge in [0.1, 0.15) is 10.4 Å². The molecule has 2 N–H and O–H groups in total. The summed E-state index contributed by atoms with van der Waals surface area (Å²) in [5, 5.41) is 0. The number of halogens is 1. The predicted octanol–water partition coefficient (Wildman–Crippen LogP) is 0.830. The van der Waals surface area contributed by atoms with Crippen molar-refractivity contribution in [2.45, 2.75) is 4.90 Å². The third kappa shape index (κ3) is 1.95. The van der Waals surface area contributed by atoms with Gasteiger partial charge < -0.3 is 5.73 Å². The summed E-state index contributed by atoms with van der Waals surface area (Å²) < 4.78 is 22.4. The first-order valence-electron chi connectivity index (χ1n) is 3.03. The lowest BCUT2D eigenvalue weighted by Crippen LogP contribution is -2.01. The first kappa shape index (κ1) is 9.47. The van der Waals surface area contributed by atoms with Crippen molar-refractivity contribution in [1.29, 1.82) is 0 Å². The Bertz CT molecular complexity index is 402. The highest BCUT2D eigenvalue weighted by molar-refractivity contribution is 9.10. The average molecular weight is 251 g/mol. The van der Waals surface area contributed by atoms with Crippen molar-refractivity contribution < 1.29 is 8.42 Å². The molecular weight excluding hydrogens is 244 g/mol. The Balaban J connectivity index is 3.39. The standard InChI is InChI=1S/C6H7BrN2O2S/c1-12(10,11)4-2-3-5(8)9-6(4)7/h2-3H,1H3,(H2,8,9). The van der Waals surface area contributed by atoms with E-state index in [1.165, 1.54) is 12.1 Å². The molecule has 0 aromatic carbocycles. The molecule has 6 heteroatoms. The van der Waals surface area contributed by atoms with Crippen LogP contribution in [0.15, 0.2) is 21.6 Å². The van der Waals surface area contributed by atoms with Crippen molar-refractivity contribution >= 4 is 31.6 Å². The summed E-state index contributed by atoms with van der Waals surface area (Å²) in [7, 11) is -3.22. The molecule has 1 heterocycles. The maximum absolute atomic E-state index is 11.1. The van der Waals surface area contributed by atoms with Crippen LogP contribution in [0, 0.1) is 0 Å². The summed E-state index contributed by atoms with van der Waals surface area (Å²) in [5.74, 6) is 0.286. The monoisotopic (exact) mass is 250 g/mol. The van der Waals surface area contributed by atoms with Gasteiger partial charge in [-0.05, 0) is 28.1 Å². The smallest absolute Gasteiger partial charge is 0.178 e. The van der Waals surface area contributed by atoms with Gasteiger partial charge in [0.05, 0.1) is 4.90 Å². The SMILES string of the molecule is CS(=O)(=O)c1ccc(N)nc1Br. The van der Waals surface area contributed by atoms with Crippen molar-refractivity contribution in [3.63, 3.8) is 0 Å². The fraction of sp³-hybridized carbons (Fsp3) is 0.167. The highest BCUT2D eigenvalue weighted by Gasteiger charge is 2.12. The van der Waals surface area contributed by atoms with Crippen LogP contribution in [0.3, 0.4) is 0 Å². The third-order valence-corrected chi connectivity index (χ3v) is 3.23. The van der Waals surface area contributed by atoms with E-state index >= 15 is 0 Å². The summed E-state index contributed by atoms with van der Waals surface area (Å²) in [6.07, 6.45) is 1.12. The van der Waals surface area contributed by atoms with E-state index in [1.807, 2.05) is 0 Å². The van der Waals surface area contributed by atoms with Crippen molar-refractivity contribution in [3.05, 3.63) is 16.7 Å². The molecule has 0 fully saturated rings. The molecule has 0 radical (unpaired) electrons. The van der Waals surface area contributed by atoms with Crippen molar-refractivity contribution in [2.24, 2.45) is 0 Å². The summed E-state index contributed by atoms with van der Waals surface area (Å²) in [6.45, 7) is 0. The number of aromatic nitrogens is 1. The maximum atomic E-state index is 11.1. The molecule has 0 aliphatic carbocycles. The quantitative estimate of drug-likeness (QED) is 0.750. The van der Waals surface area contributed by atoms with E-state index in [9.17, 15) is 8.42 Å². The van der Waals surface area contributed by atoms with Crippen LogP contribution >= 0.6 is 15.9 Å².